The zero-order valence-electron chi connectivity index (χ0n) is 11.2. The van der Waals surface area contributed by atoms with E-state index < -0.39 is 15.2 Å². The number of anilines is 1. The highest BCUT2D eigenvalue weighted by atomic mass is 35.5. The maximum Gasteiger partial charge on any atom is 0.199 e. The lowest BCUT2D eigenvalue weighted by Gasteiger charge is -2.36. The monoisotopic (exact) mass is 337 g/mol. The van der Waals surface area contributed by atoms with Crippen LogP contribution in [0.1, 0.15) is 6.92 Å². The third kappa shape index (κ3) is 2.96. The number of thioether (sulfide) groups is 1. The molecule has 1 aromatic rings. The quantitative estimate of drug-likeness (QED) is 0.770. The van der Waals surface area contributed by atoms with Gasteiger partial charge in [-0.25, -0.2) is 18.4 Å². The summed E-state index contributed by atoms with van der Waals surface area (Å²) in [5, 5.41) is -0.422. The van der Waals surface area contributed by atoms with Gasteiger partial charge in [-0.2, -0.15) is 11.8 Å². The molecule has 6 nitrogen and oxygen atoms in total. The van der Waals surface area contributed by atoms with E-state index in [-0.39, 0.29) is 10.9 Å². The number of halogens is 1. The molecule has 1 saturated heterocycles. The summed E-state index contributed by atoms with van der Waals surface area (Å²) in [6.45, 7) is 2.23. The maximum absolute atomic E-state index is 12.3. The van der Waals surface area contributed by atoms with Crippen molar-refractivity contribution < 1.29 is 13.2 Å². The molecular weight excluding hydrogens is 322 g/mol. The molecule has 1 atom stereocenters. The van der Waals surface area contributed by atoms with Gasteiger partial charge < -0.3 is 9.64 Å². The first-order valence-electron chi connectivity index (χ1n) is 6.11. The molecule has 0 radical (unpaired) electrons. The van der Waals surface area contributed by atoms with Crippen LogP contribution in [0.5, 0.6) is 5.75 Å². The van der Waals surface area contributed by atoms with Crippen LogP contribution in [0.2, 0.25) is 5.15 Å². The second kappa shape index (κ2) is 6.36. The molecule has 1 aliphatic rings. The van der Waals surface area contributed by atoms with Crippen molar-refractivity contribution in [2.45, 2.75) is 12.3 Å². The summed E-state index contributed by atoms with van der Waals surface area (Å²) in [5.41, 5.74) is 0. The molecule has 0 aliphatic carbocycles. The third-order valence-corrected chi connectivity index (χ3v) is 6.68. The Morgan fingerprint density at radius 3 is 2.95 bits per heavy atom. The molecule has 0 bridgehead atoms. The molecule has 1 unspecified atom stereocenters. The molecule has 0 N–H and O–H groups in total. The van der Waals surface area contributed by atoms with Crippen LogP contribution in [0.3, 0.4) is 0 Å². The largest absolute Gasteiger partial charge is 0.490 e. The van der Waals surface area contributed by atoms with Gasteiger partial charge in [0.15, 0.2) is 26.6 Å². The molecule has 0 amide bonds. The Balaban J connectivity index is 2.46. The van der Waals surface area contributed by atoms with Crippen molar-refractivity contribution in [2.24, 2.45) is 0 Å². The summed E-state index contributed by atoms with van der Waals surface area (Å²) < 4.78 is 29.7. The van der Waals surface area contributed by atoms with E-state index in [9.17, 15) is 8.42 Å². The van der Waals surface area contributed by atoms with Crippen LogP contribution >= 0.6 is 23.4 Å². The minimum Gasteiger partial charge on any atom is -0.490 e. The predicted octanol–water partition coefficient (Wildman–Crippen LogP) is 1.45. The van der Waals surface area contributed by atoms with Crippen molar-refractivity contribution in [1.29, 1.82) is 0 Å². The van der Waals surface area contributed by atoms with Crippen molar-refractivity contribution in [2.75, 3.05) is 35.8 Å². The van der Waals surface area contributed by atoms with Gasteiger partial charge in [-0.15, -0.1) is 0 Å². The number of sulfone groups is 1. The normalized spacial score (nSPS) is 19.9. The van der Waals surface area contributed by atoms with Gasteiger partial charge in [-0.05, 0) is 0 Å². The Labute approximate surface area is 127 Å². The summed E-state index contributed by atoms with van der Waals surface area (Å²) >= 11 is 7.61. The molecule has 1 fully saturated rings. The van der Waals surface area contributed by atoms with E-state index in [0.717, 1.165) is 5.75 Å². The maximum atomic E-state index is 12.3. The van der Waals surface area contributed by atoms with Gasteiger partial charge in [0.25, 0.3) is 0 Å². The van der Waals surface area contributed by atoms with Gasteiger partial charge >= 0.3 is 0 Å². The Kier molecular flexibility index (Phi) is 4.98. The number of hydrogen-bond donors (Lipinski definition) is 0. The highest BCUT2D eigenvalue weighted by Gasteiger charge is 2.35. The molecule has 2 heterocycles. The minimum atomic E-state index is -3.21. The van der Waals surface area contributed by atoms with Crippen LogP contribution in [0, 0.1) is 0 Å². The van der Waals surface area contributed by atoms with E-state index in [2.05, 4.69) is 9.97 Å². The van der Waals surface area contributed by atoms with E-state index in [1.54, 1.807) is 23.6 Å². The number of methoxy groups -OCH3 is 1. The average Bonchev–Trinajstić information content (AvgIpc) is 2.47. The second-order valence-corrected chi connectivity index (χ2v) is 8.15. The fraction of sp³-hybridized carbons (Fsp3) is 0.636. The van der Waals surface area contributed by atoms with Crippen LogP contribution in [0.25, 0.3) is 0 Å². The zero-order chi connectivity index (χ0) is 14.8. The van der Waals surface area contributed by atoms with Crippen LogP contribution in [-0.4, -0.2) is 54.7 Å². The first-order valence-corrected chi connectivity index (χ1v) is 9.36. The number of aromatic nitrogens is 2. The third-order valence-electron chi connectivity index (χ3n) is 3.12. The van der Waals surface area contributed by atoms with E-state index in [0.29, 0.717) is 23.9 Å². The molecule has 0 saturated carbocycles. The molecule has 20 heavy (non-hydrogen) atoms. The van der Waals surface area contributed by atoms with Crippen LogP contribution < -0.4 is 9.64 Å². The van der Waals surface area contributed by atoms with Gasteiger partial charge in [-0.3, -0.25) is 0 Å². The number of hydrogen-bond acceptors (Lipinski definition) is 7. The van der Waals surface area contributed by atoms with Crippen molar-refractivity contribution in [3.8, 4) is 5.75 Å². The second-order valence-electron chi connectivity index (χ2n) is 4.20. The van der Waals surface area contributed by atoms with Gasteiger partial charge in [0, 0.05) is 23.8 Å². The lowest BCUT2D eigenvalue weighted by molar-refractivity contribution is 0.410. The number of ether oxygens (including phenoxy) is 1. The van der Waals surface area contributed by atoms with E-state index in [4.69, 9.17) is 16.3 Å². The lowest BCUT2D eigenvalue weighted by atomic mass is 10.4. The lowest BCUT2D eigenvalue weighted by Crippen LogP contribution is -2.48. The average molecular weight is 338 g/mol. The number of rotatable bonds is 4. The fourth-order valence-electron chi connectivity index (χ4n) is 2.04. The summed E-state index contributed by atoms with van der Waals surface area (Å²) in [4.78, 5) is 9.78. The van der Waals surface area contributed by atoms with Gasteiger partial charge in [-0.1, -0.05) is 18.5 Å². The molecule has 0 spiro atoms. The standard InChI is InChI=1S/C11H16ClN3O3S2/c1-3-20(16,17)8-6-19-5-4-15(8)11-9(18-2)10(12)13-7-14-11/h7-8H,3-6H2,1-2H3. The topological polar surface area (TPSA) is 72.4 Å². The van der Waals surface area contributed by atoms with E-state index >= 15 is 0 Å². The van der Waals surface area contributed by atoms with Crippen molar-refractivity contribution in [3.05, 3.63) is 11.5 Å². The Hall–Kier alpha value is -0.730. The summed E-state index contributed by atoms with van der Waals surface area (Å²) in [6.07, 6.45) is 1.32. The molecule has 2 rings (SSSR count). The Morgan fingerprint density at radius 1 is 1.55 bits per heavy atom. The summed E-state index contributed by atoms with van der Waals surface area (Å²) in [6, 6.07) is 0. The van der Waals surface area contributed by atoms with Crippen molar-refractivity contribution >= 4 is 39.0 Å². The first kappa shape index (κ1) is 15.7. The minimum absolute atomic E-state index is 0.0931. The van der Waals surface area contributed by atoms with E-state index in [1.165, 1.54) is 13.4 Å². The van der Waals surface area contributed by atoms with Gasteiger partial charge in [0.2, 0.25) is 0 Å². The highest BCUT2D eigenvalue weighted by molar-refractivity contribution is 8.01. The zero-order valence-corrected chi connectivity index (χ0v) is 13.6. The van der Waals surface area contributed by atoms with Crippen molar-refractivity contribution in [3.63, 3.8) is 0 Å². The summed E-state index contributed by atoms with van der Waals surface area (Å²) in [7, 11) is -1.74. The molecule has 0 aromatic carbocycles. The molecule has 9 heteroatoms. The van der Waals surface area contributed by atoms with Gasteiger partial charge in [0.1, 0.15) is 11.7 Å². The predicted molar refractivity (Wildman–Crippen MR) is 81.5 cm³/mol. The fourth-order valence-corrected chi connectivity index (χ4v) is 5.21. The molecular formula is C11H16ClN3O3S2. The van der Waals surface area contributed by atoms with Crippen molar-refractivity contribution in [1.82, 2.24) is 9.97 Å². The van der Waals surface area contributed by atoms with Crippen LogP contribution in [-0.2, 0) is 9.84 Å². The molecule has 112 valence electrons. The number of nitrogens with zero attached hydrogens (tertiary/aromatic N) is 3. The highest BCUT2D eigenvalue weighted by Crippen LogP contribution is 2.35. The smallest absolute Gasteiger partial charge is 0.199 e. The van der Waals surface area contributed by atoms with Crippen LogP contribution in [0.15, 0.2) is 6.33 Å². The summed E-state index contributed by atoms with van der Waals surface area (Å²) in [5.74, 6) is 2.20. The molecule has 1 aromatic heterocycles. The van der Waals surface area contributed by atoms with Crippen LogP contribution in [0.4, 0.5) is 5.82 Å². The Morgan fingerprint density at radius 2 is 2.30 bits per heavy atom. The SMILES string of the molecule is CCS(=O)(=O)C1CSCCN1c1ncnc(Cl)c1OC. The molecule has 1 aliphatic heterocycles. The Bertz CT molecular complexity index is 582. The first-order chi connectivity index (χ1) is 9.51. The van der Waals surface area contributed by atoms with E-state index in [1.807, 2.05) is 0 Å². The van der Waals surface area contributed by atoms with Gasteiger partial charge in [0.05, 0.1) is 7.11 Å².